The second-order valence-electron chi connectivity index (χ2n) is 7.40. The van der Waals surface area contributed by atoms with Gasteiger partial charge >= 0.3 is 0 Å². The van der Waals surface area contributed by atoms with Crippen LogP contribution in [0.5, 0.6) is 0 Å². The third-order valence-electron chi connectivity index (χ3n) is 5.10. The minimum Gasteiger partial charge on any atom is -0.345 e. The van der Waals surface area contributed by atoms with Crippen molar-refractivity contribution in [3.63, 3.8) is 0 Å². The molecule has 1 saturated heterocycles. The molecular formula is C19H23N5O3S2. The molecule has 0 bridgehead atoms. The summed E-state index contributed by atoms with van der Waals surface area (Å²) in [6.07, 6.45) is 1.78. The quantitative estimate of drug-likeness (QED) is 0.790. The van der Waals surface area contributed by atoms with Crippen molar-refractivity contribution in [1.82, 2.24) is 14.6 Å². The van der Waals surface area contributed by atoms with Gasteiger partial charge in [0.15, 0.2) is 5.13 Å². The first-order valence-corrected chi connectivity index (χ1v) is 11.9. The summed E-state index contributed by atoms with van der Waals surface area (Å²) in [5, 5.41) is 2.91. The van der Waals surface area contributed by atoms with E-state index in [0.29, 0.717) is 18.7 Å². The Hall–Kier alpha value is -2.46. The average molecular weight is 434 g/mol. The van der Waals surface area contributed by atoms with Gasteiger partial charge in [-0.1, -0.05) is 26.0 Å². The van der Waals surface area contributed by atoms with E-state index >= 15 is 0 Å². The normalized spacial score (nSPS) is 20.6. The maximum absolute atomic E-state index is 13.2. The molecule has 1 aromatic heterocycles. The highest BCUT2D eigenvalue weighted by Gasteiger charge is 2.34. The van der Waals surface area contributed by atoms with E-state index in [0.717, 1.165) is 18.2 Å². The van der Waals surface area contributed by atoms with Crippen molar-refractivity contribution in [2.24, 2.45) is 10.9 Å². The predicted molar refractivity (Wildman–Crippen MR) is 113 cm³/mol. The van der Waals surface area contributed by atoms with Crippen LogP contribution in [0, 0.1) is 5.92 Å². The summed E-state index contributed by atoms with van der Waals surface area (Å²) in [6.45, 7) is 6.47. The second-order valence-corrected chi connectivity index (χ2v) is 9.92. The van der Waals surface area contributed by atoms with Crippen molar-refractivity contribution in [2.75, 3.05) is 31.1 Å². The SMILES string of the molecule is CC(C)[C@H](N=C1NS(=O)(=O)c2ccccc21)C(=O)N1CCN(c2nccs2)CC1. The van der Waals surface area contributed by atoms with Crippen molar-refractivity contribution in [3.05, 3.63) is 41.4 Å². The molecule has 0 saturated carbocycles. The number of hydrogen-bond acceptors (Lipinski definition) is 7. The maximum Gasteiger partial charge on any atom is 0.263 e. The van der Waals surface area contributed by atoms with Crippen LogP contribution in [0.2, 0.25) is 0 Å². The van der Waals surface area contributed by atoms with Crippen molar-refractivity contribution in [2.45, 2.75) is 24.8 Å². The number of aliphatic imine (C=N–C) groups is 1. The van der Waals surface area contributed by atoms with E-state index in [-0.39, 0.29) is 22.6 Å². The van der Waals surface area contributed by atoms with Crippen LogP contribution in [0.4, 0.5) is 5.13 Å². The molecular weight excluding hydrogens is 410 g/mol. The summed E-state index contributed by atoms with van der Waals surface area (Å²) in [4.78, 5) is 26.3. The van der Waals surface area contributed by atoms with Gasteiger partial charge in [0, 0.05) is 43.3 Å². The fourth-order valence-electron chi connectivity index (χ4n) is 3.54. The molecule has 29 heavy (non-hydrogen) atoms. The number of nitrogens with one attached hydrogen (secondary N) is 1. The number of carbonyl (C=O) groups is 1. The van der Waals surface area contributed by atoms with Crippen LogP contribution in [0.15, 0.2) is 45.7 Å². The van der Waals surface area contributed by atoms with E-state index in [9.17, 15) is 13.2 Å². The largest absolute Gasteiger partial charge is 0.345 e. The summed E-state index contributed by atoms with van der Waals surface area (Å²) in [7, 11) is -3.63. The number of carbonyl (C=O) groups excluding carboxylic acids is 1. The molecule has 2 aromatic rings. The molecule has 10 heteroatoms. The number of anilines is 1. The van der Waals surface area contributed by atoms with Gasteiger partial charge in [0.25, 0.3) is 10.0 Å². The number of hydrogen-bond donors (Lipinski definition) is 1. The van der Waals surface area contributed by atoms with E-state index < -0.39 is 16.1 Å². The average Bonchev–Trinajstić information content (AvgIpc) is 3.33. The molecule has 8 nitrogen and oxygen atoms in total. The molecule has 2 aliphatic heterocycles. The minimum atomic E-state index is -3.63. The molecule has 4 rings (SSSR count). The van der Waals surface area contributed by atoms with Crippen molar-refractivity contribution in [1.29, 1.82) is 0 Å². The first-order chi connectivity index (χ1) is 13.9. The Labute approximate surface area is 174 Å². The smallest absolute Gasteiger partial charge is 0.263 e. The second kappa shape index (κ2) is 7.75. The van der Waals surface area contributed by atoms with Gasteiger partial charge in [-0.25, -0.2) is 13.4 Å². The molecule has 0 unspecified atom stereocenters. The van der Waals surface area contributed by atoms with Gasteiger partial charge < -0.3 is 9.80 Å². The fraction of sp³-hybridized carbons (Fsp3) is 0.421. The van der Waals surface area contributed by atoms with Crippen LogP contribution in [0.3, 0.4) is 0 Å². The zero-order chi connectivity index (χ0) is 20.6. The molecule has 0 radical (unpaired) electrons. The lowest BCUT2D eigenvalue weighted by atomic mass is 10.0. The number of benzene rings is 1. The van der Waals surface area contributed by atoms with Gasteiger partial charge in [-0.05, 0) is 18.1 Å². The van der Waals surface area contributed by atoms with Crippen LogP contribution >= 0.6 is 11.3 Å². The zero-order valence-electron chi connectivity index (χ0n) is 16.3. The Bertz CT molecular complexity index is 1030. The van der Waals surface area contributed by atoms with E-state index in [1.54, 1.807) is 41.8 Å². The van der Waals surface area contributed by atoms with Crippen molar-refractivity contribution in [3.8, 4) is 0 Å². The maximum atomic E-state index is 13.2. The van der Waals surface area contributed by atoms with E-state index in [2.05, 4.69) is 19.6 Å². The van der Waals surface area contributed by atoms with E-state index in [1.165, 1.54) is 0 Å². The van der Waals surface area contributed by atoms with Gasteiger partial charge in [0.1, 0.15) is 11.9 Å². The Morgan fingerprint density at radius 2 is 1.93 bits per heavy atom. The first kappa shape index (κ1) is 19.8. The van der Waals surface area contributed by atoms with E-state index in [1.807, 2.05) is 24.1 Å². The predicted octanol–water partition coefficient (Wildman–Crippen LogP) is 1.55. The summed E-state index contributed by atoms with van der Waals surface area (Å²) in [6, 6.07) is 6.05. The molecule has 0 spiro atoms. The van der Waals surface area contributed by atoms with Gasteiger partial charge in [-0.2, -0.15) is 0 Å². The molecule has 1 N–H and O–H groups in total. The van der Waals surface area contributed by atoms with Gasteiger partial charge in [-0.15, -0.1) is 11.3 Å². The topological polar surface area (TPSA) is 95.0 Å². The fourth-order valence-corrected chi connectivity index (χ4v) is 5.47. The van der Waals surface area contributed by atoms with Crippen LogP contribution in [-0.2, 0) is 14.8 Å². The lowest BCUT2D eigenvalue weighted by Crippen LogP contribution is -2.52. The number of piperazine rings is 1. The highest BCUT2D eigenvalue weighted by Crippen LogP contribution is 2.24. The third kappa shape index (κ3) is 3.86. The molecule has 0 aliphatic carbocycles. The third-order valence-corrected chi connectivity index (χ3v) is 7.33. The monoisotopic (exact) mass is 433 g/mol. The minimum absolute atomic E-state index is 0.0655. The first-order valence-electron chi connectivity index (χ1n) is 9.50. The lowest BCUT2D eigenvalue weighted by molar-refractivity contribution is -0.133. The molecule has 1 aromatic carbocycles. The number of fused-ring (bicyclic) bond motifs is 1. The highest BCUT2D eigenvalue weighted by atomic mass is 32.2. The molecule has 1 amide bonds. The number of aromatic nitrogens is 1. The number of thiazole rings is 1. The summed E-state index contributed by atoms with van der Waals surface area (Å²) < 4.78 is 27.2. The number of nitrogens with zero attached hydrogens (tertiary/aromatic N) is 4. The number of amides is 1. The molecule has 154 valence electrons. The Balaban J connectivity index is 1.53. The Morgan fingerprint density at radius 3 is 2.59 bits per heavy atom. The molecule has 1 fully saturated rings. The van der Waals surface area contributed by atoms with Gasteiger partial charge in [0.05, 0.1) is 4.90 Å². The van der Waals surface area contributed by atoms with Crippen molar-refractivity contribution >= 4 is 38.2 Å². The number of sulfonamides is 1. The summed E-state index contributed by atoms with van der Waals surface area (Å²) >= 11 is 1.59. The van der Waals surface area contributed by atoms with E-state index in [4.69, 9.17) is 0 Å². The molecule has 2 aliphatic rings. The zero-order valence-corrected chi connectivity index (χ0v) is 17.9. The Kier molecular flexibility index (Phi) is 5.30. The Morgan fingerprint density at radius 1 is 1.21 bits per heavy atom. The number of rotatable bonds is 4. The molecule has 1 atom stereocenters. The lowest BCUT2D eigenvalue weighted by Gasteiger charge is -2.36. The summed E-state index contributed by atoms with van der Waals surface area (Å²) in [5.74, 6) is 0.105. The van der Waals surface area contributed by atoms with Crippen LogP contribution in [-0.4, -0.2) is 62.3 Å². The van der Waals surface area contributed by atoms with Crippen molar-refractivity contribution < 1.29 is 13.2 Å². The number of amidine groups is 1. The summed E-state index contributed by atoms with van der Waals surface area (Å²) in [5.41, 5.74) is 0.513. The van der Waals surface area contributed by atoms with Gasteiger partial charge in [-0.3, -0.25) is 14.5 Å². The van der Waals surface area contributed by atoms with Crippen LogP contribution in [0.1, 0.15) is 19.4 Å². The van der Waals surface area contributed by atoms with Crippen LogP contribution < -0.4 is 9.62 Å². The van der Waals surface area contributed by atoms with Gasteiger partial charge in [0.2, 0.25) is 5.91 Å². The van der Waals surface area contributed by atoms with Crippen LogP contribution in [0.25, 0.3) is 0 Å². The molecule has 3 heterocycles. The standard InChI is InChI=1S/C19H23N5O3S2/c1-13(2)16(21-17-14-5-3-4-6-15(14)29(26,27)22-17)18(25)23-8-10-24(11-9-23)19-20-7-12-28-19/h3-7,12-13,16H,8-11H2,1-2H3,(H,21,22)/t16-/m0/s1. The highest BCUT2D eigenvalue weighted by molar-refractivity contribution is 7.90.